The molecule has 0 saturated heterocycles. The average Bonchev–Trinajstić information content (AvgIpc) is 2.16. The van der Waals surface area contributed by atoms with Gasteiger partial charge in [-0.1, -0.05) is 6.92 Å². The predicted octanol–water partition coefficient (Wildman–Crippen LogP) is 2.12. The van der Waals surface area contributed by atoms with Crippen LogP contribution in [0.2, 0.25) is 0 Å². The van der Waals surface area contributed by atoms with Crippen LogP contribution in [-0.2, 0) is 4.79 Å². The molecule has 0 aliphatic carbocycles. The first-order valence-electron chi connectivity index (χ1n) is 5.32. The summed E-state index contributed by atoms with van der Waals surface area (Å²) in [4.78, 5) is 11.3. The first-order valence-corrected chi connectivity index (χ1v) is 5.32. The van der Waals surface area contributed by atoms with Crippen LogP contribution in [0.25, 0.3) is 0 Å². The van der Waals surface area contributed by atoms with Gasteiger partial charge < -0.3 is 5.73 Å². The van der Waals surface area contributed by atoms with Crippen molar-refractivity contribution in [3.8, 4) is 11.8 Å². The molecule has 0 heterocycles. The minimum atomic E-state index is 0.330. The largest absolute Gasteiger partial charge is 0.330 e. The normalized spacial score (nSPS) is 11.6. The van der Waals surface area contributed by atoms with Crippen LogP contribution in [0.5, 0.6) is 0 Å². The van der Waals surface area contributed by atoms with Gasteiger partial charge in [0, 0.05) is 19.3 Å². The first kappa shape index (κ1) is 13.2. The summed E-state index contributed by atoms with van der Waals surface area (Å²) >= 11 is 0. The molecule has 0 radical (unpaired) electrons. The van der Waals surface area contributed by atoms with Crippen molar-refractivity contribution in [2.24, 2.45) is 11.7 Å². The quantitative estimate of drug-likeness (QED) is 0.632. The minimum absolute atomic E-state index is 0.330. The van der Waals surface area contributed by atoms with Crippen molar-refractivity contribution in [2.75, 3.05) is 6.54 Å². The predicted molar refractivity (Wildman–Crippen MR) is 59.8 cm³/mol. The number of ketones is 1. The molecule has 0 rings (SSSR count). The maximum atomic E-state index is 11.3. The molecule has 2 nitrogen and oxygen atoms in total. The van der Waals surface area contributed by atoms with Crippen molar-refractivity contribution in [1.29, 1.82) is 0 Å². The summed E-state index contributed by atoms with van der Waals surface area (Å²) in [5.41, 5.74) is 5.43. The number of hydrogen-bond donors (Lipinski definition) is 1. The van der Waals surface area contributed by atoms with Gasteiger partial charge in [-0.15, -0.1) is 11.8 Å². The Labute approximate surface area is 87.3 Å². The molecule has 0 spiro atoms. The maximum Gasteiger partial charge on any atom is 0.133 e. The Morgan fingerprint density at radius 1 is 1.36 bits per heavy atom. The van der Waals surface area contributed by atoms with Gasteiger partial charge in [-0.05, 0) is 32.2 Å². The highest BCUT2D eigenvalue weighted by atomic mass is 16.1. The molecule has 0 saturated carbocycles. The fourth-order valence-corrected chi connectivity index (χ4v) is 1.29. The second-order valence-corrected chi connectivity index (χ2v) is 3.69. The van der Waals surface area contributed by atoms with Crippen molar-refractivity contribution in [3.63, 3.8) is 0 Å². The van der Waals surface area contributed by atoms with Gasteiger partial charge >= 0.3 is 0 Å². The topological polar surface area (TPSA) is 43.1 Å². The molecule has 80 valence electrons. The lowest BCUT2D eigenvalue weighted by Crippen LogP contribution is -2.07. The molecule has 0 fully saturated rings. The number of carbonyl (C=O) groups is 1. The molecule has 0 aliphatic heterocycles. The standard InChI is InChI=1S/C12H21NO/c1-3-4-5-6-12(14)8-7-11(2)9-10-13/h11H,5-10,13H2,1-2H3. The van der Waals surface area contributed by atoms with E-state index in [1.807, 2.05) is 0 Å². The fraction of sp³-hybridized carbons (Fsp3) is 0.750. The number of Topliss-reactive ketones (excluding diaryl/α,β-unsaturated/α-hetero) is 1. The summed E-state index contributed by atoms with van der Waals surface area (Å²) in [7, 11) is 0. The molecule has 1 atom stereocenters. The van der Waals surface area contributed by atoms with E-state index in [0.29, 0.717) is 31.0 Å². The lowest BCUT2D eigenvalue weighted by Gasteiger charge is -2.07. The van der Waals surface area contributed by atoms with Gasteiger partial charge in [0.1, 0.15) is 5.78 Å². The van der Waals surface area contributed by atoms with Crippen molar-refractivity contribution in [3.05, 3.63) is 0 Å². The van der Waals surface area contributed by atoms with Crippen molar-refractivity contribution < 1.29 is 4.79 Å². The van der Waals surface area contributed by atoms with E-state index in [1.54, 1.807) is 6.92 Å². The monoisotopic (exact) mass is 195 g/mol. The molecule has 14 heavy (non-hydrogen) atoms. The van der Waals surface area contributed by atoms with Gasteiger partial charge in [-0.2, -0.15) is 0 Å². The fourth-order valence-electron chi connectivity index (χ4n) is 1.29. The molecule has 2 N–H and O–H groups in total. The molecular formula is C12H21NO. The van der Waals surface area contributed by atoms with Crippen LogP contribution in [0.3, 0.4) is 0 Å². The SMILES string of the molecule is CC#CCCC(=O)CCC(C)CCN. The van der Waals surface area contributed by atoms with Crippen molar-refractivity contribution in [2.45, 2.75) is 46.0 Å². The van der Waals surface area contributed by atoms with Gasteiger partial charge in [0.25, 0.3) is 0 Å². The van der Waals surface area contributed by atoms with Gasteiger partial charge in [0.15, 0.2) is 0 Å². The van der Waals surface area contributed by atoms with Crippen molar-refractivity contribution in [1.82, 2.24) is 0 Å². The van der Waals surface area contributed by atoms with E-state index in [0.717, 1.165) is 19.4 Å². The van der Waals surface area contributed by atoms with Crippen LogP contribution >= 0.6 is 0 Å². The highest BCUT2D eigenvalue weighted by molar-refractivity contribution is 5.78. The van der Waals surface area contributed by atoms with Gasteiger partial charge in [0.2, 0.25) is 0 Å². The van der Waals surface area contributed by atoms with Crippen LogP contribution in [-0.4, -0.2) is 12.3 Å². The summed E-state index contributed by atoms with van der Waals surface area (Å²) < 4.78 is 0. The summed E-state index contributed by atoms with van der Waals surface area (Å²) in [6.07, 6.45) is 3.99. The minimum Gasteiger partial charge on any atom is -0.330 e. The van der Waals surface area contributed by atoms with E-state index >= 15 is 0 Å². The van der Waals surface area contributed by atoms with E-state index < -0.39 is 0 Å². The Morgan fingerprint density at radius 2 is 2.07 bits per heavy atom. The Hall–Kier alpha value is -0.810. The Balaban J connectivity index is 3.46. The van der Waals surface area contributed by atoms with Crippen molar-refractivity contribution >= 4 is 5.78 Å². The first-order chi connectivity index (χ1) is 6.70. The number of hydrogen-bond acceptors (Lipinski definition) is 2. The van der Waals surface area contributed by atoms with E-state index in [2.05, 4.69) is 18.8 Å². The number of rotatable bonds is 7. The average molecular weight is 195 g/mol. The van der Waals surface area contributed by atoms with Gasteiger partial charge in [-0.25, -0.2) is 0 Å². The second-order valence-electron chi connectivity index (χ2n) is 3.69. The van der Waals surface area contributed by atoms with Gasteiger partial charge in [0.05, 0.1) is 0 Å². The molecule has 0 aromatic rings. The molecule has 0 bridgehead atoms. The van der Waals surface area contributed by atoms with Crippen LogP contribution in [0.4, 0.5) is 0 Å². The highest BCUT2D eigenvalue weighted by Crippen LogP contribution is 2.10. The third kappa shape index (κ3) is 7.82. The lowest BCUT2D eigenvalue weighted by atomic mass is 9.99. The molecule has 2 heteroatoms. The lowest BCUT2D eigenvalue weighted by molar-refractivity contribution is -0.119. The summed E-state index contributed by atoms with van der Waals surface area (Å²) in [5.74, 6) is 6.59. The summed E-state index contributed by atoms with van der Waals surface area (Å²) in [6, 6.07) is 0. The number of carbonyl (C=O) groups excluding carboxylic acids is 1. The Morgan fingerprint density at radius 3 is 2.64 bits per heavy atom. The molecule has 1 unspecified atom stereocenters. The van der Waals surface area contributed by atoms with E-state index in [4.69, 9.17) is 5.73 Å². The third-order valence-electron chi connectivity index (χ3n) is 2.28. The zero-order valence-corrected chi connectivity index (χ0v) is 9.31. The molecule has 0 aromatic heterocycles. The zero-order valence-electron chi connectivity index (χ0n) is 9.31. The smallest absolute Gasteiger partial charge is 0.133 e. The Bertz CT molecular complexity index is 212. The van der Waals surface area contributed by atoms with Crippen LogP contribution in [0, 0.1) is 17.8 Å². The molecular weight excluding hydrogens is 174 g/mol. The summed E-state index contributed by atoms with van der Waals surface area (Å²) in [5, 5.41) is 0. The number of nitrogens with two attached hydrogens (primary N) is 1. The third-order valence-corrected chi connectivity index (χ3v) is 2.28. The van der Waals surface area contributed by atoms with Crippen LogP contribution in [0.1, 0.15) is 46.0 Å². The summed E-state index contributed by atoms with van der Waals surface area (Å²) in [6.45, 7) is 4.66. The van der Waals surface area contributed by atoms with E-state index in [-0.39, 0.29) is 0 Å². The van der Waals surface area contributed by atoms with Crippen LogP contribution in [0.15, 0.2) is 0 Å². The molecule has 0 aromatic carbocycles. The highest BCUT2D eigenvalue weighted by Gasteiger charge is 2.05. The van der Waals surface area contributed by atoms with E-state index in [9.17, 15) is 4.79 Å². The Kier molecular flexibility index (Phi) is 8.27. The molecule has 0 amide bonds. The second kappa shape index (κ2) is 8.77. The molecule has 0 aliphatic rings. The van der Waals surface area contributed by atoms with Gasteiger partial charge in [-0.3, -0.25) is 4.79 Å². The van der Waals surface area contributed by atoms with Crippen LogP contribution < -0.4 is 5.73 Å². The van der Waals surface area contributed by atoms with E-state index in [1.165, 1.54) is 0 Å². The maximum absolute atomic E-state index is 11.3. The zero-order chi connectivity index (χ0) is 10.8.